The molecule has 0 amide bonds. The van der Waals surface area contributed by atoms with Crippen LogP contribution in [0.5, 0.6) is 0 Å². The van der Waals surface area contributed by atoms with Gasteiger partial charge in [0.15, 0.2) is 0 Å². The summed E-state index contributed by atoms with van der Waals surface area (Å²) in [5.74, 6) is 0. The lowest BCUT2D eigenvalue weighted by Crippen LogP contribution is -2.41. The second-order valence-electron chi connectivity index (χ2n) is 10.3. The minimum Gasteiger partial charge on any atom is -0.399 e. The summed E-state index contributed by atoms with van der Waals surface area (Å²) in [5, 5.41) is 3.56. The first-order valence-corrected chi connectivity index (χ1v) is 12.2. The molecule has 0 atom stereocenters. The second kappa shape index (κ2) is 8.05. The molecule has 2 heterocycles. The topological polar surface area (TPSA) is 31.4 Å². The Labute approximate surface area is 206 Å². The Morgan fingerprint density at radius 2 is 1.20 bits per heavy atom. The summed E-state index contributed by atoms with van der Waals surface area (Å²) in [7, 11) is -0.341. The van der Waals surface area contributed by atoms with E-state index in [1.165, 1.54) is 33.0 Å². The molecule has 0 unspecified atom stereocenters. The van der Waals surface area contributed by atoms with Crippen molar-refractivity contribution in [3.05, 3.63) is 97.2 Å². The quantitative estimate of drug-likeness (QED) is 0.216. The van der Waals surface area contributed by atoms with Crippen molar-refractivity contribution in [2.24, 2.45) is 0 Å². The molecule has 0 spiro atoms. The van der Waals surface area contributed by atoms with Crippen LogP contribution in [0.2, 0.25) is 0 Å². The van der Waals surface area contributed by atoms with E-state index < -0.39 is 0 Å². The second-order valence-corrected chi connectivity index (χ2v) is 10.3. The third kappa shape index (κ3) is 3.74. The van der Waals surface area contributed by atoms with Crippen LogP contribution in [0, 0.1) is 0 Å². The van der Waals surface area contributed by atoms with Crippen LogP contribution in [0.15, 0.2) is 97.2 Å². The van der Waals surface area contributed by atoms with Crippen molar-refractivity contribution in [1.29, 1.82) is 0 Å². The summed E-state index contributed by atoms with van der Waals surface area (Å²) in [6.45, 7) is 8.33. The minimum absolute atomic E-state index is 0.338. The highest BCUT2D eigenvalue weighted by Gasteiger charge is 2.51. The molecule has 1 aliphatic rings. The van der Waals surface area contributed by atoms with Gasteiger partial charge in [-0.05, 0) is 72.9 Å². The van der Waals surface area contributed by atoms with Crippen LogP contribution >= 0.6 is 0 Å². The Balaban J connectivity index is 1.31. The van der Waals surface area contributed by atoms with E-state index in [-0.39, 0.29) is 18.3 Å². The number of aromatic nitrogens is 1. The van der Waals surface area contributed by atoms with Crippen molar-refractivity contribution in [3.63, 3.8) is 0 Å². The van der Waals surface area contributed by atoms with Gasteiger partial charge in [-0.1, -0.05) is 78.9 Å². The number of hydrogen-bond donors (Lipinski definition) is 0. The zero-order valence-electron chi connectivity index (χ0n) is 20.6. The van der Waals surface area contributed by atoms with Crippen LogP contribution in [-0.4, -0.2) is 23.3 Å². The van der Waals surface area contributed by atoms with E-state index in [0.29, 0.717) is 0 Å². The van der Waals surface area contributed by atoms with Crippen molar-refractivity contribution in [2.45, 2.75) is 38.9 Å². The van der Waals surface area contributed by atoms with Gasteiger partial charge in [0, 0.05) is 17.0 Å². The first kappa shape index (κ1) is 22.0. The van der Waals surface area contributed by atoms with Crippen molar-refractivity contribution < 1.29 is 9.31 Å². The Morgan fingerprint density at radius 3 is 1.86 bits per heavy atom. The molecule has 35 heavy (non-hydrogen) atoms. The molecule has 0 radical (unpaired) electrons. The smallest absolute Gasteiger partial charge is 0.399 e. The first-order valence-electron chi connectivity index (χ1n) is 12.2. The lowest BCUT2D eigenvalue weighted by Gasteiger charge is -2.32. The fourth-order valence-corrected chi connectivity index (χ4v) is 4.81. The summed E-state index contributed by atoms with van der Waals surface area (Å²) >= 11 is 0. The minimum atomic E-state index is -0.341. The monoisotopic (exact) mass is 457 g/mol. The number of rotatable bonds is 3. The molecule has 0 saturated carbocycles. The van der Waals surface area contributed by atoms with E-state index in [0.717, 1.165) is 16.4 Å². The Kier molecular flexibility index (Phi) is 5.06. The SMILES string of the molecule is CC1(C)OB(c2ccc(-c3ccc(-c4cc5cccnc5c5ccccc45)cc3)cc2)OC1(C)C. The van der Waals surface area contributed by atoms with E-state index in [1.54, 1.807) is 0 Å². The van der Waals surface area contributed by atoms with E-state index in [1.807, 2.05) is 12.3 Å². The standard InChI is InChI=1S/C31H28BNO2/c1-30(2)31(3,4)35-32(34-30)25-17-15-22(16-18-25)21-11-13-23(14-12-21)28-20-24-8-7-19-33-29(24)27-10-6-5-9-26(27)28/h5-20H,1-4H3. The highest BCUT2D eigenvalue weighted by atomic mass is 16.7. The summed E-state index contributed by atoms with van der Waals surface area (Å²) in [5.41, 5.74) is 6.19. The molecule has 1 aliphatic heterocycles. The maximum absolute atomic E-state index is 6.20. The maximum atomic E-state index is 6.20. The molecule has 5 aromatic rings. The van der Waals surface area contributed by atoms with E-state index in [4.69, 9.17) is 9.31 Å². The van der Waals surface area contributed by atoms with Gasteiger partial charge in [-0.3, -0.25) is 4.98 Å². The van der Waals surface area contributed by atoms with Crippen LogP contribution in [0.25, 0.3) is 43.9 Å². The largest absolute Gasteiger partial charge is 0.494 e. The van der Waals surface area contributed by atoms with E-state index in [9.17, 15) is 0 Å². The molecule has 1 saturated heterocycles. The fourth-order valence-electron chi connectivity index (χ4n) is 4.81. The van der Waals surface area contributed by atoms with E-state index in [2.05, 4.69) is 118 Å². The summed E-state index contributed by atoms with van der Waals surface area (Å²) in [4.78, 5) is 4.63. The van der Waals surface area contributed by atoms with Gasteiger partial charge in [0.1, 0.15) is 0 Å². The molecule has 4 heteroatoms. The zero-order valence-corrected chi connectivity index (χ0v) is 20.6. The average Bonchev–Trinajstić information content (AvgIpc) is 3.10. The van der Waals surface area contributed by atoms with Gasteiger partial charge in [-0.2, -0.15) is 0 Å². The summed E-state index contributed by atoms with van der Waals surface area (Å²) in [6.07, 6.45) is 1.86. The van der Waals surface area contributed by atoms with Crippen molar-refractivity contribution in [3.8, 4) is 22.3 Å². The molecule has 1 aromatic heterocycles. The molecule has 3 nitrogen and oxygen atoms in total. The van der Waals surface area contributed by atoms with Crippen molar-refractivity contribution in [1.82, 2.24) is 4.98 Å². The van der Waals surface area contributed by atoms with Gasteiger partial charge in [-0.25, -0.2) is 0 Å². The summed E-state index contributed by atoms with van der Waals surface area (Å²) < 4.78 is 12.4. The predicted octanol–water partition coefficient (Wildman–Crippen LogP) is 7.02. The van der Waals surface area contributed by atoms with Crippen LogP contribution in [0.4, 0.5) is 0 Å². The van der Waals surface area contributed by atoms with Gasteiger partial charge in [0.25, 0.3) is 0 Å². The molecule has 0 N–H and O–H groups in total. The Morgan fingerprint density at radius 1 is 0.629 bits per heavy atom. The molecular weight excluding hydrogens is 429 g/mol. The third-order valence-electron chi connectivity index (χ3n) is 7.58. The average molecular weight is 457 g/mol. The van der Waals surface area contributed by atoms with Gasteiger partial charge >= 0.3 is 7.12 Å². The van der Waals surface area contributed by atoms with Crippen molar-refractivity contribution >= 4 is 34.3 Å². The first-order chi connectivity index (χ1) is 16.8. The third-order valence-corrected chi connectivity index (χ3v) is 7.58. The molecular formula is C31H28BNO2. The number of pyridine rings is 1. The van der Waals surface area contributed by atoms with E-state index >= 15 is 0 Å². The molecule has 6 rings (SSSR count). The molecule has 0 aliphatic carbocycles. The Bertz CT molecular complexity index is 1520. The maximum Gasteiger partial charge on any atom is 0.494 e. The number of nitrogens with zero attached hydrogens (tertiary/aromatic N) is 1. The molecule has 1 fully saturated rings. The number of fused-ring (bicyclic) bond motifs is 3. The van der Waals surface area contributed by atoms with Crippen molar-refractivity contribution in [2.75, 3.05) is 0 Å². The molecule has 0 bridgehead atoms. The highest BCUT2D eigenvalue weighted by Crippen LogP contribution is 2.37. The van der Waals surface area contributed by atoms with Crippen LogP contribution in [0.3, 0.4) is 0 Å². The van der Waals surface area contributed by atoms with Crippen LogP contribution in [-0.2, 0) is 9.31 Å². The van der Waals surface area contributed by atoms with Crippen LogP contribution < -0.4 is 5.46 Å². The normalized spacial score (nSPS) is 16.7. The van der Waals surface area contributed by atoms with Crippen LogP contribution in [0.1, 0.15) is 27.7 Å². The molecule has 4 aromatic carbocycles. The van der Waals surface area contributed by atoms with Gasteiger partial charge < -0.3 is 9.31 Å². The van der Waals surface area contributed by atoms with Gasteiger partial charge in [0.05, 0.1) is 16.7 Å². The number of benzene rings is 4. The fraction of sp³-hybridized carbons (Fsp3) is 0.194. The van der Waals surface area contributed by atoms with Gasteiger partial charge in [0.2, 0.25) is 0 Å². The summed E-state index contributed by atoms with van der Waals surface area (Å²) in [6, 6.07) is 32.2. The lowest BCUT2D eigenvalue weighted by molar-refractivity contribution is 0.00578. The zero-order chi connectivity index (χ0) is 24.2. The predicted molar refractivity (Wildman–Crippen MR) is 146 cm³/mol. The lowest BCUT2D eigenvalue weighted by atomic mass is 9.78. The molecule has 172 valence electrons. The highest BCUT2D eigenvalue weighted by molar-refractivity contribution is 6.62. The Hall–Kier alpha value is -3.47. The number of hydrogen-bond acceptors (Lipinski definition) is 3. The van der Waals surface area contributed by atoms with Gasteiger partial charge in [-0.15, -0.1) is 0 Å².